The van der Waals surface area contributed by atoms with Crippen LogP contribution in [-0.4, -0.2) is 31.4 Å². The van der Waals surface area contributed by atoms with Crippen molar-refractivity contribution in [2.45, 2.75) is 19.6 Å². The van der Waals surface area contributed by atoms with Crippen molar-refractivity contribution in [3.63, 3.8) is 0 Å². The van der Waals surface area contributed by atoms with Gasteiger partial charge in [0.25, 0.3) is 5.56 Å². The number of methoxy groups -OCH3 is 2. The van der Waals surface area contributed by atoms with Gasteiger partial charge in [-0.2, -0.15) is 0 Å². The molecule has 0 N–H and O–H groups in total. The van der Waals surface area contributed by atoms with Crippen LogP contribution in [0.2, 0.25) is 15.1 Å². The second-order valence-electron chi connectivity index (χ2n) is 10.8. The molecule has 0 radical (unpaired) electrons. The molecule has 8 nitrogen and oxygen atoms in total. The van der Waals surface area contributed by atoms with Gasteiger partial charge in [-0.1, -0.05) is 88.6 Å². The molecule has 0 spiro atoms. The standard InChI is InChI=1S/C37H29Cl3N2O6S/c1-4-47-36(44)32-33(22-8-6-5-7-9-22)41-37-42(34(32)23-11-14-29(45-2)30(18-23)46-3)35(43)31(49-37)19-24-17-25(38)12-15-28(24)48-20-21-10-13-26(39)27(40)16-21/h5-19,34H,4,20H2,1-3H3/b31-19-/t34-/m0/s1. The summed E-state index contributed by atoms with van der Waals surface area (Å²) in [7, 11) is 3.06. The van der Waals surface area contributed by atoms with Crippen molar-refractivity contribution in [1.29, 1.82) is 0 Å². The number of rotatable bonds is 10. The first kappa shape index (κ1) is 34.3. The lowest BCUT2D eigenvalue weighted by Gasteiger charge is -2.26. The molecule has 1 aliphatic heterocycles. The predicted octanol–water partition coefficient (Wildman–Crippen LogP) is 7.49. The number of nitrogens with zero attached hydrogens (tertiary/aromatic N) is 2. The molecular formula is C37H29Cl3N2O6S. The number of fused-ring (bicyclic) bond motifs is 1. The molecule has 0 fully saturated rings. The minimum absolute atomic E-state index is 0.132. The Morgan fingerprint density at radius 2 is 1.65 bits per heavy atom. The van der Waals surface area contributed by atoms with Gasteiger partial charge in [0.2, 0.25) is 0 Å². The monoisotopic (exact) mass is 734 g/mol. The number of halogens is 3. The Balaban J connectivity index is 1.55. The molecule has 5 aromatic rings. The van der Waals surface area contributed by atoms with E-state index < -0.39 is 12.0 Å². The van der Waals surface area contributed by atoms with Crippen LogP contribution in [0.5, 0.6) is 17.2 Å². The van der Waals surface area contributed by atoms with Crippen LogP contribution in [0.4, 0.5) is 0 Å². The van der Waals surface area contributed by atoms with Gasteiger partial charge in [0, 0.05) is 16.1 Å². The van der Waals surface area contributed by atoms with Gasteiger partial charge >= 0.3 is 5.97 Å². The van der Waals surface area contributed by atoms with Crippen LogP contribution in [0.25, 0.3) is 11.8 Å². The van der Waals surface area contributed by atoms with Gasteiger partial charge in [-0.25, -0.2) is 9.79 Å². The highest BCUT2D eigenvalue weighted by atomic mass is 35.5. The van der Waals surface area contributed by atoms with Crippen LogP contribution < -0.4 is 29.1 Å². The van der Waals surface area contributed by atoms with E-state index in [1.54, 1.807) is 61.5 Å². The van der Waals surface area contributed by atoms with Crippen molar-refractivity contribution in [2.75, 3.05) is 20.8 Å². The fourth-order valence-corrected chi connectivity index (χ4v) is 6.97. The molecule has 1 aliphatic rings. The molecule has 6 rings (SSSR count). The number of ether oxygens (including phenoxy) is 4. The quantitative estimate of drug-likeness (QED) is 0.138. The predicted molar refractivity (Wildman–Crippen MR) is 193 cm³/mol. The van der Waals surface area contributed by atoms with Crippen molar-refractivity contribution < 1.29 is 23.7 Å². The summed E-state index contributed by atoms with van der Waals surface area (Å²) < 4.78 is 24.7. The lowest BCUT2D eigenvalue weighted by molar-refractivity contribution is -0.138. The van der Waals surface area contributed by atoms with E-state index in [9.17, 15) is 9.59 Å². The maximum atomic E-state index is 14.4. The average molecular weight is 736 g/mol. The molecule has 2 heterocycles. The number of benzene rings is 4. The summed E-state index contributed by atoms with van der Waals surface area (Å²) in [6, 6.07) is 24.1. The summed E-state index contributed by atoms with van der Waals surface area (Å²) in [6.07, 6.45) is 1.71. The number of hydrogen-bond acceptors (Lipinski definition) is 8. The van der Waals surface area contributed by atoms with Crippen LogP contribution in [0.1, 0.15) is 35.2 Å². The Morgan fingerprint density at radius 1 is 0.898 bits per heavy atom. The molecule has 0 saturated heterocycles. The van der Waals surface area contributed by atoms with E-state index in [1.807, 2.05) is 36.4 Å². The van der Waals surface area contributed by atoms with Crippen molar-refractivity contribution in [3.8, 4) is 17.2 Å². The van der Waals surface area contributed by atoms with E-state index in [0.717, 1.165) is 5.56 Å². The molecule has 1 aromatic heterocycles. The van der Waals surface area contributed by atoms with E-state index in [2.05, 4.69) is 0 Å². The smallest absolute Gasteiger partial charge is 0.338 e. The topological polar surface area (TPSA) is 88.4 Å². The van der Waals surface area contributed by atoms with E-state index in [0.29, 0.717) is 64.0 Å². The van der Waals surface area contributed by atoms with Crippen molar-refractivity contribution in [1.82, 2.24) is 4.57 Å². The average Bonchev–Trinajstić information content (AvgIpc) is 3.42. The fraction of sp³-hybridized carbons (Fsp3) is 0.162. The summed E-state index contributed by atoms with van der Waals surface area (Å²) in [5.41, 5.74) is 2.94. The first-order valence-corrected chi connectivity index (χ1v) is 17.0. The molecule has 49 heavy (non-hydrogen) atoms. The highest BCUT2D eigenvalue weighted by Gasteiger charge is 2.35. The van der Waals surface area contributed by atoms with Crippen LogP contribution in [0, 0.1) is 0 Å². The second-order valence-corrected chi connectivity index (χ2v) is 13.0. The Morgan fingerprint density at radius 3 is 2.37 bits per heavy atom. The van der Waals surface area contributed by atoms with Crippen LogP contribution >= 0.6 is 46.1 Å². The summed E-state index contributed by atoms with van der Waals surface area (Å²) in [4.78, 5) is 33.6. The van der Waals surface area contributed by atoms with E-state index in [1.165, 1.54) is 30.1 Å². The Labute approximate surface area is 301 Å². The third kappa shape index (κ3) is 7.12. The molecule has 0 aliphatic carbocycles. The van der Waals surface area contributed by atoms with Crippen molar-refractivity contribution >= 4 is 63.9 Å². The summed E-state index contributed by atoms with van der Waals surface area (Å²) in [6.45, 7) is 2.06. The first-order valence-electron chi connectivity index (χ1n) is 15.1. The minimum Gasteiger partial charge on any atom is -0.493 e. The van der Waals surface area contributed by atoms with E-state index in [4.69, 9.17) is 58.7 Å². The molecule has 0 amide bonds. The number of carbonyl (C=O) groups excluding carboxylic acids is 1. The Bertz CT molecular complexity index is 2270. The van der Waals surface area contributed by atoms with E-state index in [-0.39, 0.29) is 24.3 Å². The third-order valence-electron chi connectivity index (χ3n) is 7.73. The Hall–Kier alpha value is -4.54. The lowest BCUT2D eigenvalue weighted by atomic mass is 9.93. The van der Waals surface area contributed by atoms with Gasteiger partial charge < -0.3 is 18.9 Å². The lowest BCUT2D eigenvalue weighted by Crippen LogP contribution is -2.40. The highest BCUT2D eigenvalue weighted by molar-refractivity contribution is 7.07. The fourth-order valence-electron chi connectivity index (χ4n) is 5.47. The molecule has 0 bridgehead atoms. The molecular weight excluding hydrogens is 707 g/mol. The maximum Gasteiger partial charge on any atom is 0.338 e. The second kappa shape index (κ2) is 14.9. The van der Waals surface area contributed by atoms with Gasteiger partial charge in [0.1, 0.15) is 12.4 Å². The number of aromatic nitrogens is 1. The zero-order chi connectivity index (χ0) is 34.7. The summed E-state index contributed by atoms with van der Waals surface area (Å²) >= 11 is 19.9. The zero-order valence-corrected chi connectivity index (χ0v) is 29.6. The third-order valence-corrected chi connectivity index (χ3v) is 9.69. The first-order chi connectivity index (χ1) is 23.7. The van der Waals surface area contributed by atoms with Gasteiger partial charge in [-0.15, -0.1) is 0 Å². The molecule has 0 saturated carbocycles. The minimum atomic E-state index is -0.905. The summed E-state index contributed by atoms with van der Waals surface area (Å²) in [5.74, 6) is 0.839. The SMILES string of the molecule is CCOC(=O)C1=C(c2ccccc2)N=c2s/c(=C\c3cc(Cl)ccc3OCc3ccc(Cl)c(Cl)c3)c(=O)n2[C@H]1c1ccc(OC)c(OC)c1. The van der Waals surface area contributed by atoms with Gasteiger partial charge in [0.15, 0.2) is 16.3 Å². The van der Waals surface area contributed by atoms with Gasteiger partial charge in [-0.05, 0) is 66.6 Å². The van der Waals surface area contributed by atoms with Crippen LogP contribution in [0.15, 0.2) is 100 Å². The van der Waals surface area contributed by atoms with E-state index >= 15 is 0 Å². The van der Waals surface area contributed by atoms with Crippen LogP contribution in [0.3, 0.4) is 0 Å². The van der Waals surface area contributed by atoms with Crippen LogP contribution in [-0.2, 0) is 16.1 Å². The summed E-state index contributed by atoms with van der Waals surface area (Å²) in [5, 5.41) is 1.32. The zero-order valence-electron chi connectivity index (χ0n) is 26.5. The number of esters is 1. The Kier molecular flexibility index (Phi) is 10.5. The molecule has 250 valence electrons. The number of hydrogen-bond donors (Lipinski definition) is 0. The molecule has 12 heteroatoms. The number of carbonyl (C=O) groups is 1. The maximum absolute atomic E-state index is 14.4. The number of thiazole rings is 1. The van der Waals surface area contributed by atoms with Crippen molar-refractivity contribution in [3.05, 3.63) is 148 Å². The highest BCUT2D eigenvalue weighted by Crippen LogP contribution is 2.38. The normalized spacial score (nSPS) is 14.2. The van der Waals surface area contributed by atoms with Gasteiger partial charge in [0.05, 0.1) is 52.7 Å². The largest absolute Gasteiger partial charge is 0.493 e. The molecule has 1 atom stereocenters. The van der Waals surface area contributed by atoms with Gasteiger partial charge in [-0.3, -0.25) is 9.36 Å². The van der Waals surface area contributed by atoms with Crippen molar-refractivity contribution in [2.24, 2.45) is 4.99 Å². The molecule has 4 aromatic carbocycles. The molecule has 0 unspecified atom stereocenters.